The van der Waals surface area contributed by atoms with Gasteiger partial charge in [0.15, 0.2) is 5.96 Å². The highest BCUT2D eigenvalue weighted by Crippen LogP contribution is 2.14. The second-order valence-electron chi connectivity index (χ2n) is 6.30. The Hall–Kier alpha value is -2.12. The lowest BCUT2D eigenvalue weighted by Gasteiger charge is -2.34. The lowest BCUT2D eigenvalue weighted by Crippen LogP contribution is -2.46. The molecule has 0 aliphatic carbocycles. The molecule has 140 valence electrons. The molecule has 7 heteroatoms. The second kappa shape index (κ2) is 9.54. The fraction of sp³-hybridized carbons (Fsp3) is 0.474. The second-order valence-corrected chi connectivity index (χ2v) is 7.34. The maximum absolute atomic E-state index is 4.65. The van der Waals surface area contributed by atoms with Crippen molar-refractivity contribution in [2.45, 2.75) is 20.0 Å². The highest BCUT2D eigenvalue weighted by molar-refractivity contribution is 7.09. The number of aliphatic imine (C=N–C) groups is 1. The molecule has 1 saturated heterocycles. The zero-order valence-corrected chi connectivity index (χ0v) is 16.4. The highest BCUT2D eigenvalue weighted by atomic mass is 32.1. The van der Waals surface area contributed by atoms with Crippen LogP contribution in [0.4, 0.5) is 5.82 Å². The summed E-state index contributed by atoms with van der Waals surface area (Å²) in [7, 11) is 1.79. The van der Waals surface area contributed by atoms with Crippen molar-refractivity contribution in [1.29, 1.82) is 0 Å². The van der Waals surface area contributed by atoms with E-state index in [1.54, 1.807) is 18.4 Å². The van der Waals surface area contributed by atoms with E-state index in [9.17, 15) is 0 Å². The quantitative estimate of drug-likeness (QED) is 0.601. The number of hydrogen-bond donors (Lipinski definition) is 2. The molecule has 0 saturated carbocycles. The molecular weight excluding hydrogens is 344 g/mol. The van der Waals surface area contributed by atoms with Gasteiger partial charge in [-0.15, -0.1) is 11.3 Å². The third kappa shape index (κ3) is 5.19. The molecule has 2 N–H and O–H groups in total. The van der Waals surface area contributed by atoms with Gasteiger partial charge in [0, 0.05) is 50.8 Å². The van der Waals surface area contributed by atoms with Crippen LogP contribution in [0.5, 0.6) is 0 Å². The summed E-state index contributed by atoms with van der Waals surface area (Å²) in [5.74, 6) is 1.88. The van der Waals surface area contributed by atoms with Crippen molar-refractivity contribution in [1.82, 2.24) is 20.5 Å². The van der Waals surface area contributed by atoms with Gasteiger partial charge < -0.3 is 20.4 Å². The fourth-order valence-corrected chi connectivity index (χ4v) is 3.64. The smallest absolute Gasteiger partial charge is 0.191 e. The third-order valence-electron chi connectivity index (χ3n) is 4.65. The molecular formula is C19H28N6S. The molecule has 1 aliphatic rings. The van der Waals surface area contributed by atoms with Gasteiger partial charge in [-0.25, -0.2) is 4.98 Å². The predicted molar refractivity (Wildman–Crippen MR) is 110 cm³/mol. The third-order valence-corrected chi connectivity index (χ3v) is 5.52. The highest BCUT2D eigenvalue weighted by Gasteiger charge is 2.16. The number of nitrogens with one attached hydrogen (secondary N) is 2. The van der Waals surface area contributed by atoms with Gasteiger partial charge in [0.1, 0.15) is 5.82 Å². The van der Waals surface area contributed by atoms with Gasteiger partial charge in [0.2, 0.25) is 0 Å². The van der Waals surface area contributed by atoms with Crippen molar-refractivity contribution in [2.24, 2.45) is 4.99 Å². The average molecular weight is 373 g/mol. The minimum absolute atomic E-state index is 0.709. The summed E-state index contributed by atoms with van der Waals surface area (Å²) in [5.41, 5.74) is 1.15. The van der Waals surface area contributed by atoms with Gasteiger partial charge in [-0.2, -0.15) is 0 Å². The van der Waals surface area contributed by atoms with Crippen LogP contribution in [0.15, 0.2) is 40.8 Å². The Bertz CT molecular complexity index is 675. The molecule has 3 heterocycles. The van der Waals surface area contributed by atoms with Crippen LogP contribution in [-0.2, 0) is 13.1 Å². The van der Waals surface area contributed by atoms with Crippen LogP contribution in [0.25, 0.3) is 0 Å². The van der Waals surface area contributed by atoms with Crippen LogP contribution in [0, 0.1) is 0 Å². The Morgan fingerprint density at radius 1 is 1.15 bits per heavy atom. The SMILES string of the molecule is CCN1CCN(c2ccc(CNC(=NC)NCc3cccs3)cn2)CC1. The first-order valence-electron chi connectivity index (χ1n) is 9.17. The van der Waals surface area contributed by atoms with Crippen molar-refractivity contribution in [3.05, 3.63) is 46.3 Å². The lowest BCUT2D eigenvalue weighted by molar-refractivity contribution is 0.270. The number of nitrogens with zero attached hydrogens (tertiary/aromatic N) is 4. The molecule has 0 amide bonds. The summed E-state index contributed by atoms with van der Waals surface area (Å²) in [4.78, 5) is 15.1. The van der Waals surface area contributed by atoms with Gasteiger partial charge in [0.25, 0.3) is 0 Å². The number of guanidine groups is 1. The molecule has 2 aromatic heterocycles. The Morgan fingerprint density at radius 3 is 2.58 bits per heavy atom. The number of aromatic nitrogens is 1. The number of rotatable bonds is 6. The molecule has 0 atom stereocenters. The molecule has 1 fully saturated rings. The molecule has 0 radical (unpaired) electrons. The van der Waals surface area contributed by atoms with E-state index >= 15 is 0 Å². The van der Waals surface area contributed by atoms with E-state index in [0.717, 1.165) is 56.6 Å². The predicted octanol–water partition coefficient (Wildman–Crippen LogP) is 2.15. The summed E-state index contributed by atoms with van der Waals surface area (Å²) in [5, 5.41) is 8.76. The first kappa shape index (κ1) is 18.7. The molecule has 0 aromatic carbocycles. The van der Waals surface area contributed by atoms with E-state index in [1.807, 2.05) is 6.20 Å². The molecule has 26 heavy (non-hydrogen) atoms. The molecule has 0 bridgehead atoms. The summed E-state index contributed by atoms with van der Waals surface area (Å²) < 4.78 is 0. The topological polar surface area (TPSA) is 55.8 Å². The zero-order valence-electron chi connectivity index (χ0n) is 15.6. The van der Waals surface area contributed by atoms with Crippen molar-refractivity contribution in [2.75, 3.05) is 44.7 Å². The Balaban J connectivity index is 1.46. The fourth-order valence-electron chi connectivity index (χ4n) is 2.99. The Morgan fingerprint density at radius 2 is 1.96 bits per heavy atom. The molecule has 3 rings (SSSR count). The van der Waals surface area contributed by atoms with Crippen LogP contribution >= 0.6 is 11.3 Å². The first-order valence-corrected chi connectivity index (χ1v) is 10.1. The minimum Gasteiger partial charge on any atom is -0.354 e. The number of likely N-dealkylation sites (N-methyl/N-ethyl adjacent to an activating group) is 1. The lowest BCUT2D eigenvalue weighted by atomic mass is 10.2. The van der Waals surface area contributed by atoms with Gasteiger partial charge in [-0.05, 0) is 29.6 Å². The molecule has 6 nitrogen and oxygen atoms in total. The number of pyridine rings is 1. The maximum atomic E-state index is 4.65. The number of hydrogen-bond acceptors (Lipinski definition) is 5. The van der Waals surface area contributed by atoms with Crippen LogP contribution < -0.4 is 15.5 Å². The normalized spacial score (nSPS) is 15.9. The van der Waals surface area contributed by atoms with Crippen LogP contribution in [0.2, 0.25) is 0 Å². The van der Waals surface area contributed by atoms with Crippen molar-refractivity contribution in [3.63, 3.8) is 0 Å². The van der Waals surface area contributed by atoms with Gasteiger partial charge in [-0.3, -0.25) is 4.99 Å². The summed E-state index contributed by atoms with van der Waals surface area (Å²) in [6, 6.07) is 8.45. The largest absolute Gasteiger partial charge is 0.354 e. The van der Waals surface area contributed by atoms with E-state index in [0.29, 0.717) is 6.54 Å². The van der Waals surface area contributed by atoms with E-state index < -0.39 is 0 Å². The number of piperazine rings is 1. The standard InChI is InChI=1S/C19H28N6S/c1-3-24-8-10-25(11-9-24)18-7-6-16(13-21-18)14-22-19(20-2)23-15-17-5-4-12-26-17/h4-7,12-13H,3,8-11,14-15H2,1-2H3,(H2,20,22,23). The van der Waals surface area contributed by atoms with E-state index in [2.05, 4.69) is 67.0 Å². The van der Waals surface area contributed by atoms with Crippen molar-refractivity contribution < 1.29 is 0 Å². The zero-order chi connectivity index (χ0) is 18.2. The average Bonchev–Trinajstić information content (AvgIpc) is 3.22. The van der Waals surface area contributed by atoms with Crippen LogP contribution in [0.3, 0.4) is 0 Å². The summed E-state index contributed by atoms with van der Waals surface area (Å²) in [6.45, 7) is 9.20. The van der Waals surface area contributed by atoms with Crippen LogP contribution in [-0.4, -0.2) is 55.6 Å². The maximum Gasteiger partial charge on any atom is 0.191 e. The monoisotopic (exact) mass is 372 g/mol. The Labute approximate surface area is 160 Å². The number of anilines is 1. The van der Waals surface area contributed by atoms with E-state index in [-0.39, 0.29) is 0 Å². The Kier molecular flexibility index (Phi) is 6.85. The molecule has 0 spiro atoms. The summed E-state index contributed by atoms with van der Waals surface area (Å²) >= 11 is 1.74. The van der Waals surface area contributed by atoms with E-state index in [1.165, 1.54) is 4.88 Å². The van der Waals surface area contributed by atoms with Gasteiger partial charge in [0.05, 0.1) is 6.54 Å². The van der Waals surface area contributed by atoms with E-state index in [4.69, 9.17) is 0 Å². The van der Waals surface area contributed by atoms with Gasteiger partial charge in [-0.1, -0.05) is 19.1 Å². The van der Waals surface area contributed by atoms with Crippen molar-refractivity contribution in [3.8, 4) is 0 Å². The molecule has 0 unspecified atom stereocenters. The molecule has 2 aromatic rings. The molecule has 1 aliphatic heterocycles. The van der Waals surface area contributed by atoms with Gasteiger partial charge >= 0.3 is 0 Å². The summed E-state index contributed by atoms with van der Waals surface area (Å²) in [6.07, 6.45) is 1.96. The van der Waals surface area contributed by atoms with Crippen LogP contribution in [0.1, 0.15) is 17.4 Å². The minimum atomic E-state index is 0.709. The first-order chi connectivity index (χ1) is 12.8. The van der Waals surface area contributed by atoms with Crippen molar-refractivity contribution >= 4 is 23.1 Å². The number of thiophene rings is 1.